The van der Waals surface area contributed by atoms with Crippen LogP contribution in [-0.2, 0) is 0 Å². The standard InChI is InChI=1S/C19H14F3N3O3S/c20-19(21,22)11-28-16-8-7-14(10-23-16)25-17(26)12-3-5-13(6-4-12)24-18(27)15-2-1-9-29-15/h1-10H,11H2,(H,24,27)(H,25,26). The molecule has 29 heavy (non-hydrogen) atoms. The summed E-state index contributed by atoms with van der Waals surface area (Å²) in [6.45, 7) is -1.44. The number of hydrogen-bond donors (Lipinski definition) is 2. The van der Waals surface area contributed by atoms with Gasteiger partial charge in [-0.3, -0.25) is 9.59 Å². The second-order valence-corrected chi connectivity index (χ2v) is 6.70. The molecule has 0 aliphatic rings. The summed E-state index contributed by atoms with van der Waals surface area (Å²) in [6, 6.07) is 12.3. The van der Waals surface area contributed by atoms with Gasteiger partial charge in [0.2, 0.25) is 5.88 Å². The van der Waals surface area contributed by atoms with E-state index in [1.807, 2.05) is 0 Å². The maximum absolute atomic E-state index is 12.3. The van der Waals surface area contributed by atoms with Crippen molar-refractivity contribution in [2.24, 2.45) is 0 Å². The Bertz CT molecular complexity index is 973. The number of nitrogens with zero attached hydrogens (tertiary/aromatic N) is 1. The lowest BCUT2D eigenvalue weighted by atomic mass is 10.2. The van der Waals surface area contributed by atoms with Crippen LogP contribution in [0.2, 0.25) is 0 Å². The van der Waals surface area contributed by atoms with Gasteiger partial charge in [-0.25, -0.2) is 4.98 Å². The number of thiophene rings is 1. The molecule has 0 bridgehead atoms. The number of amides is 2. The molecule has 0 fully saturated rings. The molecule has 10 heteroatoms. The first-order valence-corrected chi connectivity index (χ1v) is 9.10. The summed E-state index contributed by atoms with van der Waals surface area (Å²) < 4.78 is 40.9. The number of carbonyl (C=O) groups excluding carboxylic acids is 2. The molecule has 0 unspecified atom stereocenters. The van der Waals surface area contributed by atoms with Crippen molar-refractivity contribution in [3.63, 3.8) is 0 Å². The van der Waals surface area contributed by atoms with E-state index in [0.717, 1.165) is 0 Å². The number of benzene rings is 1. The summed E-state index contributed by atoms with van der Waals surface area (Å²) >= 11 is 1.32. The van der Waals surface area contributed by atoms with Gasteiger partial charge in [-0.05, 0) is 41.8 Å². The Morgan fingerprint density at radius 3 is 2.24 bits per heavy atom. The third kappa shape index (κ3) is 6.04. The van der Waals surface area contributed by atoms with E-state index in [1.54, 1.807) is 29.6 Å². The Balaban J connectivity index is 1.56. The SMILES string of the molecule is O=C(Nc1ccc(OCC(F)(F)F)nc1)c1ccc(NC(=O)c2cccs2)cc1. The Morgan fingerprint density at radius 2 is 1.66 bits per heavy atom. The second kappa shape index (κ2) is 8.74. The van der Waals surface area contributed by atoms with Crippen molar-refractivity contribution >= 4 is 34.5 Å². The summed E-state index contributed by atoms with van der Waals surface area (Å²) in [5.41, 5.74) is 1.16. The summed E-state index contributed by atoms with van der Waals surface area (Å²) in [5.74, 6) is -0.880. The monoisotopic (exact) mass is 421 g/mol. The Hall–Kier alpha value is -3.40. The number of carbonyl (C=O) groups is 2. The van der Waals surface area contributed by atoms with Crippen molar-refractivity contribution < 1.29 is 27.5 Å². The zero-order valence-corrected chi connectivity index (χ0v) is 15.5. The molecule has 0 atom stereocenters. The van der Waals surface area contributed by atoms with Crippen LogP contribution in [0, 0.1) is 0 Å². The van der Waals surface area contributed by atoms with Gasteiger partial charge < -0.3 is 15.4 Å². The Morgan fingerprint density at radius 1 is 0.966 bits per heavy atom. The number of anilines is 2. The van der Waals surface area contributed by atoms with Gasteiger partial charge in [0, 0.05) is 17.3 Å². The van der Waals surface area contributed by atoms with Crippen molar-refractivity contribution in [3.8, 4) is 5.88 Å². The van der Waals surface area contributed by atoms with Gasteiger partial charge in [-0.2, -0.15) is 13.2 Å². The van der Waals surface area contributed by atoms with E-state index in [1.165, 1.54) is 41.8 Å². The molecule has 6 nitrogen and oxygen atoms in total. The minimum absolute atomic E-state index is 0.203. The number of pyridine rings is 1. The minimum atomic E-state index is -4.45. The van der Waals surface area contributed by atoms with Crippen molar-refractivity contribution in [3.05, 3.63) is 70.5 Å². The highest BCUT2D eigenvalue weighted by Crippen LogP contribution is 2.19. The number of nitrogens with one attached hydrogen (secondary N) is 2. The highest BCUT2D eigenvalue weighted by atomic mass is 32.1. The smallest absolute Gasteiger partial charge is 0.422 e. The number of halogens is 3. The lowest BCUT2D eigenvalue weighted by molar-refractivity contribution is -0.154. The fraction of sp³-hybridized carbons (Fsp3) is 0.105. The fourth-order valence-corrected chi connectivity index (χ4v) is 2.82. The highest BCUT2D eigenvalue weighted by molar-refractivity contribution is 7.12. The van der Waals surface area contributed by atoms with Crippen LogP contribution in [0.5, 0.6) is 5.88 Å². The van der Waals surface area contributed by atoms with Crippen molar-refractivity contribution in [1.82, 2.24) is 4.98 Å². The minimum Gasteiger partial charge on any atom is -0.468 e. The quantitative estimate of drug-likeness (QED) is 0.610. The number of ether oxygens (including phenoxy) is 1. The summed E-state index contributed by atoms with van der Waals surface area (Å²) in [4.78, 5) is 28.6. The van der Waals surface area contributed by atoms with Gasteiger partial charge >= 0.3 is 6.18 Å². The molecule has 150 valence electrons. The molecule has 0 aliphatic carbocycles. The normalized spacial score (nSPS) is 11.0. The first kappa shape index (κ1) is 20.3. The van der Waals surface area contributed by atoms with E-state index in [-0.39, 0.29) is 11.8 Å². The van der Waals surface area contributed by atoms with Crippen LogP contribution in [0.25, 0.3) is 0 Å². The van der Waals surface area contributed by atoms with Gasteiger partial charge in [0.15, 0.2) is 6.61 Å². The zero-order chi connectivity index (χ0) is 20.9. The molecule has 0 spiro atoms. The van der Waals surface area contributed by atoms with E-state index in [2.05, 4.69) is 20.4 Å². The first-order chi connectivity index (χ1) is 13.8. The Labute approximate surface area is 167 Å². The third-order valence-corrected chi connectivity index (χ3v) is 4.40. The number of aromatic nitrogens is 1. The zero-order valence-electron chi connectivity index (χ0n) is 14.7. The van der Waals surface area contributed by atoms with Crippen LogP contribution in [0.1, 0.15) is 20.0 Å². The van der Waals surface area contributed by atoms with Crippen LogP contribution in [0.3, 0.4) is 0 Å². The molecule has 2 heterocycles. The molecule has 0 aliphatic heterocycles. The van der Waals surface area contributed by atoms with Crippen LogP contribution in [-0.4, -0.2) is 29.6 Å². The molecule has 2 aromatic heterocycles. The van der Waals surface area contributed by atoms with Crippen molar-refractivity contribution in [1.29, 1.82) is 0 Å². The molecule has 3 rings (SSSR count). The maximum Gasteiger partial charge on any atom is 0.422 e. The van der Waals surface area contributed by atoms with Crippen LogP contribution in [0.4, 0.5) is 24.5 Å². The lowest BCUT2D eigenvalue weighted by Crippen LogP contribution is -2.19. The van der Waals surface area contributed by atoms with Gasteiger partial charge in [0.05, 0.1) is 16.8 Å². The topological polar surface area (TPSA) is 80.3 Å². The van der Waals surface area contributed by atoms with Gasteiger partial charge in [0.1, 0.15) is 0 Å². The van der Waals surface area contributed by atoms with Gasteiger partial charge in [-0.1, -0.05) is 6.07 Å². The average molecular weight is 421 g/mol. The molecule has 2 amide bonds. The summed E-state index contributed by atoms with van der Waals surface area (Å²) in [7, 11) is 0. The molecule has 3 aromatic rings. The lowest BCUT2D eigenvalue weighted by Gasteiger charge is -2.09. The maximum atomic E-state index is 12.3. The summed E-state index contributed by atoms with van der Waals surface area (Å²) in [5, 5.41) is 7.10. The predicted octanol–water partition coefficient (Wildman–Crippen LogP) is 4.59. The highest BCUT2D eigenvalue weighted by Gasteiger charge is 2.28. The number of alkyl halides is 3. The van der Waals surface area contributed by atoms with Crippen molar-refractivity contribution in [2.75, 3.05) is 17.2 Å². The molecule has 2 N–H and O–H groups in total. The summed E-state index contributed by atoms with van der Waals surface area (Å²) in [6.07, 6.45) is -3.26. The van der Waals surface area contributed by atoms with E-state index in [4.69, 9.17) is 0 Å². The molecule has 0 radical (unpaired) electrons. The first-order valence-electron chi connectivity index (χ1n) is 8.22. The van der Waals surface area contributed by atoms with Crippen LogP contribution in [0.15, 0.2) is 60.1 Å². The molecular weight excluding hydrogens is 407 g/mol. The van der Waals surface area contributed by atoms with E-state index in [0.29, 0.717) is 21.8 Å². The van der Waals surface area contributed by atoms with E-state index < -0.39 is 18.7 Å². The molecule has 0 saturated carbocycles. The Kier molecular flexibility index (Phi) is 6.13. The molecule has 1 aromatic carbocycles. The largest absolute Gasteiger partial charge is 0.468 e. The second-order valence-electron chi connectivity index (χ2n) is 5.75. The fourth-order valence-electron chi connectivity index (χ4n) is 2.20. The average Bonchev–Trinajstić information content (AvgIpc) is 3.22. The molecule has 0 saturated heterocycles. The van der Waals surface area contributed by atoms with Gasteiger partial charge in [-0.15, -0.1) is 11.3 Å². The van der Waals surface area contributed by atoms with Crippen LogP contribution >= 0.6 is 11.3 Å². The van der Waals surface area contributed by atoms with E-state index >= 15 is 0 Å². The number of rotatable bonds is 6. The predicted molar refractivity (Wildman–Crippen MR) is 102 cm³/mol. The van der Waals surface area contributed by atoms with Crippen molar-refractivity contribution in [2.45, 2.75) is 6.18 Å². The number of hydrogen-bond acceptors (Lipinski definition) is 5. The van der Waals surface area contributed by atoms with Crippen LogP contribution < -0.4 is 15.4 Å². The molecular formula is C19H14F3N3O3S. The van der Waals surface area contributed by atoms with E-state index in [9.17, 15) is 22.8 Å². The van der Waals surface area contributed by atoms with Gasteiger partial charge in [0.25, 0.3) is 11.8 Å². The third-order valence-electron chi connectivity index (χ3n) is 3.53.